The minimum absolute atomic E-state index is 0. The van der Waals surface area contributed by atoms with E-state index in [1.54, 1.807) is 0 Å². The van der Waals surface area contributed by atoms with Crippen LogP contribution in [0.3, 0.4) is 0 Å². The third-order valence-electron chi connectivity index (χ3n) is 2.71. The van der Waals surface area contributed by atoms with Crippen LogP contribution in [-0.2, 0) is 0 Å². The minimum Gasteiger partial charge on any atom is -1.00 e. The summed E-state index contributed by atoms with van der Waals surface area (Å²) in [6.45, 7) is 5.82. The second-order valence-electron chi connectivity index (χ2n) is 5.78. The van der Waals surface area contributed by atoms with Crippen molar-refractivity contribution in [1.82, 2.24) is 19.9 Å². The van der Waals surface area contributed by atoms with Crippen molar-refractivity contribution >= 4 is 23.6 Å². The Kier molecular flexibility index (Phi) is 6.53. The van der Waals surface area contributed by atoms with E-state index in [0.717, 1.165) is 27.2 Å². The molecular formula is C10H22Cl3N5. The Morgan fingerprint density at radius 3 is 2.33 bits per heavy atom. The number of likely N-dealkylation sites (N-methyl/N-ethyl adjacent to an activating group) is 1. The number of hydrogen-bond donors (Lipinski definition) is 2. The number of rotatable bonds is 5. The normalized spacial score (nSPS) is 16.4. The molecule has 1 aliphatic rings. The Morgan fingerprint density at radius 2 is 1.89 bits per heavy atom. The number of nitrogens with one attached hydrogen (secondary N) is 2. The summed E-state index contributed by atoms with van der Waals surface area (Å²) in [5.41, 5.74) is 6.64. The van der Waals surface area contributed by atoms with E-state index >= 15 is 0 Å². The molecule has 0 spiro atoms. The van der Waals surface area contributed by atoms with E-state index in [2.05, 4.69) is 32.1 Å². The van der Waals surface area contributed by atoms with Gasteiger partial charge in [-0.1, -0.05) is 0 Å². The Bertz CT molecular complexity index is 298. The van der Waals surface area contributed by atoms with Crippen molar-refractivity contribution in [3.63, 3.8) is 0 Å². The Morgan fingerprint density at radius 1 is 1.33 bits per heavy atom. The molecule has 0 unspecified atom stereocenters. The van der Waals surface area contributed by atoms with Crippen molar-refractivity contribution < 1.29 is 16.9 Å². The molecule has 1 aliphatic heterocycles. The molecule has 1 heterocycles. The first kappa shape index (κ1) is 18.1. The first-order chi connectivity index (χ1) is 7.63. The van der Waals surface area contributed by atoms with Crippen molar-refractivity contribution in [2.45, 2.75) is 19.4 Å². The molecule has 0 amide bonds. The highest BCUT2D eigenvalue weighted by Gasteiger charge is 2.32. The summed E-state index contributed by atoms with van der Waals surface area (Å²) in [6, 6.07) is 0. The average Bonchev–Trinajstić information content (AvgIpc) is 2.62. The van der Waals surface area contributed by atoms with Crippen LogP contribution in [0.15, 0.2) is 11.9 Å². The molecule has 18 heavy (non-hydrogen) atoms. The fraction of sp³-hybridized carbons (Fsp3) is 0.800. The third-order valence-corrected chi connectivity index (χ3v) is 3.56. The van der Waals surface area contributed by atoms with E-state index < -0.39 is 5.54 Å². The van der Waals surface area contributed by atoms with Gasteiger partial charge in [-0.05, 0) is 37.4 Å². The highest BCUT2D eigenvalue weighted by atomic mass is 35.5. The van der Waals surface area contributed by atoms with E-state index in [4.69, 9.17) is 23.6 Å². The lowest BCUT2D eigenvalue weighted by molar-refractivity contribution is -0.869. The molecule has 0 aliphatic carbocycles. The van der Waals surface area contributed by atoms with Crippen LogP contribution in [0.2, 0.25) is 0 Å². The second-order valence-corrected chi connectivity index (χ2v) is 6.63. The van der Waals surface area contributed by atoms with Crippen LogP contribution in [0.25, 0.3) is 0 Å². The fourth-order valence-corrected chi connectivity index (χ4v) is 1.46. The quantitative estimate of drug-likeness (QED) is 0.465. The first-order valence-corrected chi connectivity index (χ1v) is 6.23. The van der Waals surface area contributed by atoms with Crippen LogP contribution in [0.4, 0.5) is 0 Å². The number of nitrogens with zero attached hydrogens (tertiary/aromatic N) is 3. The molecular weight excluding hydrogens is 297 g/mol. The van der Waals surface area contributed by atoms with Gasteiger partial charge in [0.2, 0.25) is 0 Å². The van der Waals surface area contributed by atoms with Crippen LogP contribution in [0.5, 0.6) is 0 Å². The zero-order valence-electron chi connectivity index (χ0n) is 11.5. The first-order valence-electron chi connectivity index (χ1n) is 5.56. The van der Waals surface area contributed by atoms with Crippen molar-refractivity contribution in [2.75, 3.05) is 34.2 Å². The zero-order valence-corrected chi connectivity index (χ0v) is 13.7. The number of hydrogen-bond acceptors (Lipinski definition) is 4. The highest BCUT2D eigenvalue weighted by molar-refractivity contribution is 6.34. The smallest absolute Gasteiger partial charge is 0.0975 e. The van der Waals surface area contributed by atoms with E-state index in [0.29, 0.717) is 0 Å². The van der Waals surface area contributed by atoms with E-state index in [-0.39, 0.29) is 12.4 Å². The molecule has 1 rings (SSSR count). The number of halogens is 3. The summed E-state index contributed by atoms with van der Waals surface area (Å²) in [5.74, 6) is 0. The molecule has 2 N–H and O–H groups in total. The molecule has 0 aromatic carbocycles. The maximum atomic E-state index is 5.82. The van der Waals surface area contributed by atoms with Gasteiger partial charge < -0.3 is 22.3 Å². The van der Waals surface area contributed by atoms with Gasteiger partial charge in [-0.25, -0.2) is 0 Å². The number of quaternary nitrogens is 1. The standard InChI is InChI=1S/C10H22Cl2N5.ClH/c1-10(2,16(11)12)9-8-15(14-13-9)6-7-17(3,4)5;/h8,13-14H,6-7H2,1-5H3;1H/q+1;/p-1. The van der Waals surface area contributed by atoms with Crippen molar-refractivity contribution in [2.24, 2.45) is 0 Å². The lowest BCUT2D eigenvalue weighted by Gasteiger charge is -2.27. The monoisotopic (exact) mass is 317 g/mol. The SMILES string of the molecule is CC(C)(C1=CN(CC[N+](C)(C)C)NN1)N(Cl)Cl.[Cl-]. The molecule has 0 fully saturated rings. The predicted molar refractivity (Wildman–Crippen MR) is 71.6 cm³/mol. The molecule has 0 radical (unpaired) electrons. The van der Waals surface area contributed by atoms with E-state index in [1.165, 1.54) is 0 Å². The third kappa shape index (κ3) is 4.99. The lowest BCUT2D eigenvalue weighted by Crippen LogP contribution is -3.00. The minimum atomic E-state index is -0.457. The van der Waals surface area contributed by atoms with Crippen molar-refractivity contribution in [1.29, 1.82) is 0 Å². The summed E-state index contributed by atoms with van der Waals surface area (Å²) in [7, 11) is 6.49. The van der Waals surface area contributed by atoms with Gasteiger partial charge in [0, 0.05) is 6.20 Å². The topological polar surface area (TPSA) is 30.5 Å². The van der Waals surface area contributed by atoms with Gasteiger partial charge in [-0.2, -0.15) is 0 Å². The van der Waals surface area contributed by atoms with Gasteiger partial charge in [0.1, 0.15) is 0 Å². The molecule has 0 saturated heterocycles. The molecule has 0 saturated carbocycles. The highest BCUT2D eigenvalue weighted by Crippen LogP contribution is 2.27. The van der Waals surface area contributed by atoms with Crippen LogP contribution < -0.4 is 23.4 Å². The van der Waals surface area contributed by atoms with Gasteiger partial charge in [0.05, 0.1) is 45.5 Å². The van der Waals surface area contributed by atoms with Crippen LogP contribution in [-0.4, -0.2) is 53.2 Å². The predicted octanol–water partition coefficient (Wildman–Crippen LogP) is -1.75. The maximum Gasteiger partial charge on any atom is 0.0975 e. The van der Waals surface area contributed by atoms with Gasteiger partial charge >= 0.3 is 0 Å². The van der Waals surface area contributed by atoms with Crippen LogP contribution in [0.1, 0.15) is 13.8 Å². The lowest BCUT2D eigenvalue weighted by atomic mass is 10.0. The van der Waals surface area contributed by atoms with Crippen LogP contribution in [0, 0.1) is 0 Å². The molecule has 0 atom stereocenters. The largest absolute Gasteiger partial charge is 1.00 e. The molecule has 0 aromatic heterocycles. The zero-order chi connectivity index (χ0) is 13.3. The molecule has 5 nitrogen and oxygen atoms in total. The second kappa shape index (κ2) is 6.50. The summed E-state index contributed by atoms with van der Waals surface area (Å²) >= 11 is 11.6. The van der Waals surface area contributed by atoms with Gasteiger partial charge in [-0.3, -0.25) is 5.01 Å². The van der Waals surface area contributed by atoms with E-state index in [1.807, 2.05) is 25.1 Å². The fourth-order valence-electron chi connectivity index (χ4n) is 1.28. The van der Waals surface area contributed by atoms with Crippen LogP contribution >= 0.6 is 23.6 Å². The summed E-state index contributed by atoms with van der Waals surface area (Å²) < 4.78 is 2.07. The average molecular weight is 319 g/mol. The Labute approximate surface area is 126 Å². The summed E-state index contributed by atoms with van der Waals surface area (Å²) in [6.07, 6.45) is 1.99. The van der Waals surface area contributed by atoms with Gasteiger partial charge in [0.15, 0.2) is 0 Å². The Balaban J connectivity index is 0.00000289. The Hall–Kier alpha value is 0.0900. The molecule has 8 heteroatoms. The number of hydrazine groups is 2. The molecule has 0 aromatic rings. The maximum absolute atomic E-state index is 5.82. The molecule has 0 bridgehead atoms. The van der Waals surface area contributed by atoms with Gasteiger partial charge in [-0.15, -0.1) is 9.47 Å². The van der Waals surface area contributed by atoms with Crippen molar-refractivity contribution in [3.05, 3.63) is 11.9 Å². The summed E-state index contributed by atoms with van der Waals surface area (Å²) in [4.78, 5) is 0. The molecule has 108 valence electrons. The van der Waals surface area contributed by atoms with Gasteiger partial charge in [0.25, 0.3) is 0 Å². The summed E-state index contributed by atoms with van der Waals surface area (Å²) in [5, 5.41) is 2.00. The van der Waals surface area contributed by atoms with E-state index in [9.17, 15) is 0 Å². The van der Waals surface area contributed by atoms with Crippen molar-refractivity contribution in [3.8, 4) is 0 Å².